The topological polar surface area (TPSA) is 72.7 Å². The van der Waals surface area contributed by atoms with Crippen molar-refractivity contribution in [3.05, 3.63) is 63.2 Å². The van der Waals surface area contributed by atoms with E-state index >= 15 is 0 Å². The standard InChI is InChI=1S/C17H15ClN2O4/c1-2-15-17(21)19(10-11-4-3-5-12(18)8-11)14-9-13(20(22)23)6-7-16(14)24-15/h3-9,15H,2,10H2,1H3. The van der Waals surface area contributed by atoms with Crippen molar-refractivity contribution in [2.75, 3.05) is 4.90 Å². The highest BCUT2D eigenvalue weighted by molar-refractivity contribution is 6.30. The van der Waals surface area contributed by atoms with Crippen molar-refractivity contribution < 1.29 is 14.5 Å². The quantitative estimate of drug-likeness (QED) is 0.620. The van der Waals surface area contributed by atoms with Crippen LogP contribution in [0.5, 0.6) is 5.75 Å². The van der Waals surface area contributed by atoms with Gasteiger partial charge >= 0.3 is 0 Å². The fourth-order valence-electron chi connectivity index (χ4n) is 2.67. The number of carbonyl (C=O) groups is 1. The summed E-state index contributed by atoms with van der Waals surface area (Å²) < 4.78 is 5.68. The van der Waals surface area contributed by atoms with Gasteiger partial charge in [-0.2, -0.15) is 0 Å². The number of hydrogen-bond donors (Lipinski definition) is 0. The number of hydrogen-bond acceptors (Lipinski definition) is 4. The van der Waals surface area contributed by atoms with Gasteiger partial charge in [0, 0.05) is 17.2 Å². The Balaban J connectivity index is 2.04. The van der Waals surface area contributed by atoms with Crippen LogP contribution in [0.1, 0.15) is 18.9 Å². The molecular weight excluding hydrogens is 332 g/mol. The van der Waals surface area contributed by atoms with Gasteiger partial charge in [0.25, 0.3) is 11.6 Å². The van der Waals surface area contributed by atoms with Gasteiger partial charge in [0.2, 0.25) is 0 Å². The van der Waals surface area contributed by atoms with E-state index in [4.69, 9.17) is 16.3 Å². The third-order valence-corrected chi connectivity index (χ3v) is 4.09. The number of nitrogens with zero attached hydrogens (tertiary/aromatic N) is 2. The first kappa shape index (κ1) is 16.3. The Kier molecular flexibility index (Phi) is 4.40. The van der Waals surface area contributed by atoms with Crippen molar-refractivity contribution in [2.24, 2.45) is 0 Å². The summed E-state index contributed by atoms with van der Waals surface area (Å²) in [6.45, 7) is 2.13. The molecule has 0 radical (unpaired) electrons. The van der Waals surface area contributed by atoms with Crippen molar-refractivity contribution in [1.82, 2.24) is 0 Å². The Morgan fingerprint density at radius 2 is 2.08 bits per heavy atom. The zero-order valence-electron chi connectivity index (χ0n) is 12.9. The van der Waals surface area contributed by atoms with Gasteiger partial charge in [0.1, 0.15) is 5.75 Å². The van der Waals surface area contributed by atoms with E-state index in [9.17, 15) is 14.9 Å². The molecule has 3 rings (SSSR count). The number of anilines is 1. The van der Waals surface area contributed by atoms with Gasteiger partial charge in [-0.15, -0.1) is 0 Å². The summed E-state index contributed by atoms with van der Waals surface area (Å²) >= 11 is 6.00. The molecule has 0 bridgehead atoms. The van der Waals surface area contributed by atoms with Crippen LogP contribution in [0, 0.1) is 10.1 Å². The highest BCUT2D eigenvalue weighted by Crippen LogP contribution is 2.38. The summed E-state index contributed by atoms with van der Waals surface area (Å²) in [5.41, 5.74) is 1.15. The van der Waals surface area contributed by atoms with Crippen LogP contribution < -0.4 is 9.64 Å². The Labute approximate surface area is 143 Å². The van der Waals surface area contributed by atoms with Crippen LogP contribution in [0.25, 0.3) is 0 Å². The van der Waals surface area contributed by atoms with Gasteiger partial charge in [-0.1, -0.05) is 30.7 Å². The van der Waals surface area contributed by atoms with Gasteiger partial charge in [-0.05, 0) is 30.2 Å². The number of amides is 1. The molecule has 0 fully saturated rings. The molecule has 2 aromatic rings. The van der Waals surface area contributed by atoms with Crippen LogP contribution in [0.15, 0.2) is 42.5 Å². The summed E-state index contributed by atoms with van der Waals surface area (Å²) in [6, 6.07) is 11.4. The molecule has 1 amide bonds. The highest BCUT2D eigenvalue weighted by Gasteiger charge is 2.34. The van der Waals surface area contributed by atoms with Crippen molar-refractivity contribution in [3.8, 4) is 5.75 Å². The first-order valence-corrected chi connectivity index (χ1v) is 7.88. The van der Waals surface area contributed by atoms with Crippen molar-refractivity contribution in [3.63, 3.8) is 0 Å². The van der Waals surface area contributed by atoms with Crippen molar-refractivity contribution >= 4 is 28.9 Å². The maximum atomic E-state index is 12.7. The second-order valence-electron chi connectivity index (χ2n) is 5.48. The molecule has 1 unspecified atom stereocenters. The Bertz CT molecular complexity index is 809. The molecule has 0 spiro atoms. The molecule has 24 heavy (non-hydrogen) atoms. The molecular formula is C17H15ClN2O4. The zero-order chi connectivity index (χ0) is 17.3. The first-order valence-electron chi connectivity index (χ1n) is 7.50. The fraction of sp³-hybridized carbons (Fsp3) is 0.235. The number of rotatable bonds is 4. The number of non-ortho nitro benzene ring substituents is 1. The molecule has 0 saturated carbocycles. The molecule has 1 aliphatic heterocycles. The molecule has 1 heterocycles. The van der Waals surface area contributed by atoms with Crippen LogP contribution in [-0.2, 0) is 11.3 Å². The predicted octanol–water partition coefficient (Wildman–Crippen LogP) is 3.95. The minimum Gasteiger partial charge on any atom is -0.478 e. The van der Waals surface area contributed by atoms with Crippen LogP contribution in [0.4, 0.5) is 11.4 Å². The number of nitro groups is 1. The molecule has 6 nitrogen and oxygen atoms in total. The first-order chi connectivity index (χ1) is 11.5. The summed E-state index contributed by atoms with van der Waals surface area (Å²) in [6.07, 6.45) is -0.0838. The number of ether oxygens (including phenoxy) is 1. The van der Waals surface area contributed by atoms with Crippen molar-refractivity contribution in [2.45, 2.75) is 26.0 Å². The lowest BCUT2D eigenvalue weighted by atomic mass is 10.1. The van der Waals surface area contributed by atoms with E-state index in [2.05, 4.69) is 0 Å². The van der Waals surface area contributed by atoms with E-state index in [0.717, 1.165) is 5.56 Å². The normalized spacial score (nSPS) is 16.5. The van der Waals surface area contributed by atoms with Crippen LogP contribution in [0.3, 0.4) is 0 Å². The summed E-state index contributed by atoms with van der Waals surface area (Å²) in [7, 11) is 0. The van der Waals surface area contributed by atoms with Crippen LogP contribution in [0.2, 0.25) is 5.02 Å². The SMILES string of the molecule is CCC1Oc2ccc([N+](=O)[O-])cc2N(Cc2cccc(Cl)c2)C1=O. The molecule has 0 aromatic heterocycles. The number of carbonyl (C=O) groups excluding carboxylic acids is 1. The van der Waals surface area contributed by atoms with E-state index in [1.807, 2.05) is 13.0 Å². The maximum absolute atomic E-state index is 12.7. The lowest BCUT2D eigenvalue weighted by molar-refractivity contribution is -0.384. The summed E-state index contributed by atoms with van der Waals surface area (Å²) in [4.78, 5) is 24.8. The maximum Gasteiger partial charge on any atom is 0.271 e. The van der Waals surface area contributed by atoms with Gasteiger partial charge in [-0.3, -0.25) is 14.9 Å². The van der Waals surface area contributed by atoms with Gasteiger partial charge in [0.15, 0.2) is 6.10 Å². The molecule has 2 aromatic carbocycles. The number of fused-ring (bicyclic) bond motifs is 1. The number of nitro benzene ring substituents is 1. The average Bonchev–Trinajstić information content (AvgIpc) is 2.56. The van der Waals surface area contributed by atoms with Crippen molar-refractivity contribution in [1.29, 1.82) is 0 Å². The van der Waals surface area contributed by atoms with Crippen LogP contribution >= 0.6 is 11.6 Å². The molecule has 124 valence electrons. The third kappa shape index (κ3) is 3.05. The van der Waals surface area contributed by atoms with E-state index < -0.39 is 11.0 Å². The van der Waals surface area contributed by atoms with E-state index in [0.29, 0.717) is 22.9 Å². The number of halogens is 1. The average molecular weight is 347 g/mol. The third-order valence-electron chi connectivity index (χ3n) is 3.86. The fourth-order valence-corrected chi connectivity index (χ4v) is 2.88. The second-order valence-corrected chi connectivity index (χ2v) is 5.91. The molecule has 1 atom stereocenters. The number of benzene rings is 2. The Morgan fingerprint density at radius 1 is 1.29 bits per heavy atom. The lowest BCUT2D eigenvalue weighted by Gasteiger charge is -2.34. The molecule has 0 N–H and O–H groups in total. The highest BCUT2D eigenvalue weighted by atomic mass is 35.5. The molecule has 7 heteroatoms. The minimum atomic E-state index is -0.599. The van der Waals surface area contributed by atoms with Gasteiger partial charge in [-0.25, -0.2) is 0 Å². The van der Waals surface area contributed by atoms with E-state index in [1.165, 1.54) is 23.1 Å². The zero-order valence-corrected chi connectivity index (χ0v) is 13.7. The molecule has 0 saturated heterocycles. The lowest BCUT2D eigenvalue weighted by Crippen LogP contribution is -2.45. The molecule has 1 aliphatic rings. The van der Waals surface area contributed by atoms with E-state index in [-0.39, 0.29) is 18.1 Å². The second kappa shape index (κ2) is 6.49. The minimum absolute atomic E-state index is 0.0869. The van der Waals surface area contributed by atoms with Gasteiger partial charge < -0.3 is 9.64 Å². The molecule has 0 aliphatic carbocycles. The largest absolute Gasteiger partial charge is 0.478 e. The monoisotopic (exact) mass is 346 g/mol. The summed E-state index contributed by atoms with van der Waals surface area (Å²) in [5.74, 6) is 0.250. The van der Waals surface area contributed by atoms with Gasteiger partial charge in [0.05, 0.1) is 17.2 Å². The van der Waals surface area contributed by atoms with E-state index in [1.54, 1.807) is 18.2 Å². The van der Waals surface area contributed by atoms with Crippen LogP contribution in [-0.4, -0.2) is 16.9 Å². The smallest absolute Gasteiger partial charge is 0.271 e. The predicted molar refractivity (Wildman–Crippen MR) is 90.4 cm³/mol. The summed E-state index contributed by atoms with van der Waals surface area (Å²) in [5, 5.41) is 11.6. The Hall–Kier alpha value is -2.60. The Morgan fingerprint density at radius 3 is 2.75 bits per heavy atom.